The SMILES string of the molecule is COc1ccc(OC)c(CCNC(=O)c2cccc(C)n2)c1. The highest BCUT2D eigenvalue weighted by Crippen LogP contribution is 2.24. The van der Waals surface area contributed by atoms with Crippen LogP contribution >= 0.6 is 0 Å². The summed E-state index contributed by atoms with van der Waals surface area (Å²) in [5.41, 5.74) is 2.24. The standard InChI is InChI=1S/C17H20N2O3/c1-12-5-4-6-15(19-12)17(20)18-10-9-13-11-14(21-2)7-8-16(13)22-3/h4-8,11H,9-10H2,1-3H3,(H,18,20). The summed E-state index contributed by atoms with van der Waals surface area (Å²) in [6.45, 7) is 2.36. The van der Waals surface area contributed by atoms with Gasteiger partial charge in [-0.25, -0.2) is 4.98 Å². The number of rotatable bonds is 6. The van der Waals surface area contributed by atoms with Crippen LogP contribution < -0.4 is 14.8 Å². The molecule has 5 heteroatoms. The molecule has 1 heterocycles. The molecule has 0 radical (unpaired) electrons. The van der Waals surface area contributed by atoms with Gasteiger partial charge in [0.2, 0.25) is 0 Å². The first-order chi connectivity index (χ1) is 10.6. The van der Waals surface area contributed by atoms with E-state index in [0.29, 0.717) is 18.7 Å². The number of methoxy groups -OCH3 is 2. The molecule has 0 saturated heterocycles. The van der Waals surface area contributed by atoms with Gasteiger partial charge in [0.15, 0.2) is 0 Å². The average molecular weight is 300 g/mol. The fourth-order valence-corrected chi connectivity index (χ4v) is 2.15. The Kier molecular flexibility index (Phi) is 5.36. The zero-order valence-corrected chi connectivity index (χ0v) is 13.1. The Bertz CT molecular complexity index is 656. The molecule has 1 N–H and O–H groups in total. The van der Waals surface area contributed by atoms with Crippen molar-refractivity contribution in [3.05, 3.63) is 53.3 Å². The first-order valence-electron chi connectivity index (χ1n) is 7.07. The molecule has 0 bridgehead atoms. The molecule has 1 aromatic carbocycles. The Labute approximate surface area is 130 Å². The lowest BCUT2D eigenvalue weighted by molar-refractivity contribution is 0.0949. The monoisotopic (exact) mass is 300 g/mol. The maximum absolute atomic E-state index is 12.0. The number of nitrogens with zero attached hydrogens (tertiary/aromatic N) is 1. The highest BCUT2D eigenvalue weighted by atomic mass is 16.5. The smallest absolute Gasteiger partial charge is 0.269 e. The summed E-state index contributed by atoms with van der Waals surface area (Å²) in [5.74, 6) is 1.37. The molecular formula is C17H20N2O3. The van der Waals surface area contributed by atoms with Crippen molar-refractivity contribution < 1.29 is 14.3 Å². The second-order valence-electron chi connectivity index (χ2n) is 4.85. The van der Waals surface area contributed by atoms with Gasteiger partial charge >= 0.3 is 0 Å². The summed E-state index contributed by atoms with van der Waals surface area (Å²) in [6.07, 6.45) is 0.651. The molecule has 1 amide bonds. The Morgan fingerprint density at radius 3 is 2.68 bits per heavy atom. The van der Waals surface area contributed by atoms with Gasteiger partial charge in [0.25, 0.3) is 5.91 Å². The number of carbonyl (C=O) groups excluding carboxylic acids is 1. The Morgan fingerprint density at radius 1 is 1.18 bits per heavy atom. The van der Waals surface area contributed by atoms with E-state index >= 15 is 0 Å². The van der Waals surface area contributed by atoms with Crippen molar-refractivity contribution in [1.82, 2.24) is 10.3 Å². The van der Waals surface area contributed by atoms with Crippen molar-refractivity contribution in [3.8, 4) is 11.5 Å². The second-order valence-corrected chi connectivity index (χ2v) is 4.85. The van der Waals surface area contributed by atoms with Crippen molar-refractivity contribution in [1.29, 1.82) is 0 Å². The van der Waals surface area contributed by atoms with Crippen LogP contribution in [0.2, 0.25) is 0 Å². The number of hydrogen-bond donors (Lipinski definition) is 1. The third-order valence-electron chi connectivity index (χ3n) is 3.29. The van der Waals surface area contributed by atoms with Crippen LogP contribution in [-0.4, -0.2) is 31.7 Å². The number of pyridine rings is 1. The summed E-state index contributed by atoms with van der Waals surface area (Å²) >= 11 is 0. The summed E-state index contributed by atoms with van der Waals surface area (Å²) in [5, 5.41) is 2.87. The molecule has 2 aromatic rings. The summed E-state index contributed by atoms with van der Waals surface area (Å²) in [6, 6.07) is 11.0. The van der Waals surface area contributed by atoms with Gasteiger partial charge in [0.1, 0.15) is 17.2 Å². The van der Waals surface area contributed by atoms with Crippen molar-refractivity contribution in [2.24, 2.45) is 0 Å². The van der Waals surface area contributed by atoms with E-state index in [4.69, 9.17) is 9.47 Å². The van der Waals surface area contributed by atoms with Gasteiger partial charge in [0, 0.05) is 12.2 Å². The fourth-order valence-electron chi connectivity index (χ4n) is 2.15. The molecule has 0 fully saturated rings. The fraction of sp³-hybridized carbons (Fsp3) is 0.294. The molecule has 116 valence electrons. The van der Waals surface area contributed by atoms with E-state index in [1.165, 1.54) is 0 Å². The number of aromatic nitrogens is 1. The van der Waals surface area contributed by atoms with E-state index < -0.39 is 0 Å². The highest BCUT2D eigenvalue weighted by molar-refractivity contribution is 5.92. The molecule has 0 aliphatic carbocycles. The lowest BCUT2D eigenvalue weighted by Crippen LogP contribution is -2.26. The topological polar surface area (TPSA) is 60.5 Å². The third kappa shape index (κ3) is 3.97. The van der Waals surface area contributed by atoms with Crippen molar-refractivity contribution in [2.45, 2.75) is 13.3 Å². The largest absolute Gasteiger partial charge is 0.497 e. The van der Waals surface area contributed by atoms with Crippen molar-refractivity contribution >= 4 is 5.91 Å². The molecule has 22 heavy (non-hydrogen) atoms. The van der Waals surface area contributed by atoms with Crippen molar-refractivity contribution in [2.75, 3.05) is 20.8 Å². The van der Waals surface area contributed by atoms with Crippen LogP contribution in [0.15, 0.2) is 36.4 Å². The predicted molar refractivity (Wildman–Crippen MR) is 84.6 cm³/mol. The third-order valence-corrected chi connectivity index (χ3v) is 3.29. The van der Waals surface area contributed by atoms with Gasteiger partial charge in [-0.2, -0.15) is 0 Å². The molecule has 0 atom stereocenters. The van der Waals surface area contributed by atoms with Gasteiger partial charge in [-0.05, 0) is 49.2 Å². The Morgan fingerprint density at radius 2 is 2.00 bits per heavy atom. The Hall–Kier alpha value is -2.56. The van der Waals surface area contributed by atoms with Crippen LogP contribution in [0.25, 0.3) is 0 Å². The van der Waals surface area contributed by atoms with E-state index in [0.717, 1.165) is 22.8 Å². The normalized spacial score (nSPS) is 10.1. The van der Waals surface area contributed by atoms with Gasteiger partial charge in [-0.3, -0.25) is 4.79 Å². The first-order valence-corrected chi connectivity index (χ1v) is 7.07. The molecule has 0 spiro atoms. The zero-order valence-electron chi connectivity index (χ0n) is 13.1. The van der Waals surface area contributed by atoms with Crippen molar-refractivity contribution in [3.63, 3.8) is 0 Å². The molecule has 5 nitrogen and oxygen atoms in total. The van der Waals surface area contributed by atoms with Crippen LogP contribution in [0, 0.1) is 6.92 Å². The van der Waals surface area contributed by atoms with Crippen LogP contribution in [0.1, 0.15) is 21.7 Å². The molecular weight excluding hydrogens is 280 g/mol. The number of nitrogens with one attached hydrogen (secondary N) is 1. The van der Waals surface area contributed by atoms with Crippen LogP contribution in [-0.2, 0) is 6.42 Å². The average Bonchev–Trinajstić information content (AvgIpc) is 2.54. The molecule has 1 aromatic heterocycles. The van der Waals surface area contributed by atoms with E-state index in [-0.39, 0.29) is 5.91 Å². The number of aryl methyl sites for hydroxylation is 1. The number of amides is 1. The van der Waals surface area contributed by atoms with Gasteiger partial charge < -0.3 is 14.8 Å². The number of hydrogen-bond acceptors (Lipinski definition) is 4. The molecule has 0 unspecified atom stereocenters. The minimum Gasteiger partial charge on any atom is -0.497 e. The summed E-state index contributed by atoms with van der Waals surface area (Å²) in [4.78, 5) is 16.2. The maximum atomic E-state index is 12.0. The quantitative estimate of drug-likeness (QED) is 0.890. The minimum absolute atomic E-state index is 0.175. The number of ether oxygens (including phenoxy) is 2. The minimum atomic E-state index is -0.175. The molecule has 0 saturated carbocycles. The van der Waals surface area contributed by atoms with Gasteiger partial charge in [-0.1, -0.05) is 6.07 Å². The molecule has 0 aliphatic heterocycles. The zero-order chi connectivity index (χ0) is 15.9. The maximum Gasteiger partial charge on any atom is 0.269 e. The summed E-state index contributed by atoms with van der Waals surface area (Å²) < 4.78 is 10.5. The highest BCUT2D eigenvalue weighted by Gasteiger charge is 2.08. The second kappa shape index (κ2) is 7.45. The number of carbonyl (C=O) groups is 1. The Balaban J connectivity index is 1.97. The van der Waals surface area contributed by atoms with E-state index in [9.17, 15) is 4.79 Å². The van der Waals surface area contributed by atoms with E-state index in [1.807, 2.05) is 37.3 Å². The lowest BCUT2D eigenvalue weighted by Gasteiger charge is -2.11. The van der Waals surface area contributed by atoms with Crippen LogP contribution in [0.3, 0.4) is 0 Å². The predicted octanol–water partition coefficient (Wildman–Crippen LogP) is 2.38. The molecule has 2 rings (SSSR count). The van der Waals surface area contributed by atoms with E-state index in [2.05, 4.69) is 10.3 Å². The molecule has 0 aliphatic rings. The summed E-state index contributed by atoms with van der Waals surface area (Å²) in [7, 11) is 3.25. The first kappa shape index (κ1) is 15.8. The van der Waals surface area contributed by atoms with Crippen LogP contribution in [0.5, 0.6) is 11.5 Å². The van der Waals surface area contributed by atoms with E-state index in [1.54, 1.807) is 20.3 Å². The lowest BCUT2D eigenvalue weighted by atomic mass is 10.1. The number of benzene rings is 1. The van der Waals surface area contributed by atoms with Gasteiger partial charge in [0.05, 0.1) is 14.2 Å². The van der Waals surface area contributed by atoms with Gasteiger partial charge in [-0.15, -0.1) is 0 Å². The van der Waals surface area contributed by atoms with Crippen LogP contribution in [0.4, 0.5) is 0 Å².